The van der Waals surface area contributed by atoms with Gasteiger partial charge in [0.25, 0.3) is 5.91 Å². The van der Waals surface area contributed by atoms with Crippen LogP contribution >= 0.6 is 0 Å². The van der Waals surface area contributed by atoms with Gasteiger partial charge >= 0.3 is 6.03 Å². The van der Waals surface area contributed by atoms with E-state index in [0.29, 0.717) is 17.9 Å². The first-order chi connectivity index (χ1) is 9.06. The second-order valence-electron chi connectivity index (χ2n) is 4.11. The maximum absolute atomic E-state index is 11.6. The van der Waals surface area contributed by atoms with Crippen LogP contribution in [-0.2, 0) is 4.74 Å². The van der Waals surface area contributed by atoms with Crippen molar-refractivity contribution in [1.82, 2.24) is 10.6 Å². The Morgan fingerprint density at radius 3 is 2.42 bits per heavy atom. The summed E-state index contributed by atoms with van der Waals surface area (Å²) in [6.45, 7) is 2.29. The van der Waals surface area contributed by atoms with Gasteiger partial charge < -0.3 is 20.7 Å². The molecule has 1 aromatic rings. The standard InChI is InChI=1S/C13H19N3O3/c1-9(8-19-3)15-13(18)16-11-6-4-10(5-7-11)12(17)14-2/h4-7,9H,8H2,1-3H3,(H,14,17)(H2,15,16,18)/t9-/m1/s1. The fraction of sp³-hybridized carbons (Fsp3) is 0.385. The lowest BCUT2D eigenvalue weighted by Gasteiger charge is -2.13. The Balaban J connectivity index is 2.53. The summed E-state index contributed by atoms with van der Waals surface area (Å²) >= 11 is 0. The summed E-state index contributed by atoms with van der Waals surface area (Å²) < 4.78 is 4.92. The molecule has 104 valence electrons. The molecular weight excluding hydrogens is 246 g/mol. The molecule has 0 bridgehead atoms. The van der Waals surface area contributed by atoms with Gasteiger partial charge in [-0.3, -0.25) is 4.79 Å². The molecule has 3 amide bonds. The molecule has 0 saturated carbocycles. The highest BCUT2D eigenvalue weighted by Crippen LogP contribution is 2.09. The zero-order valence-corrected chi connectivity index (χ0v) is 11.3. The monoisotopic (exact) mass is 265 g/mol. The minimum absolute atomic E-state index is 0.0739. The average molecular weight is 265 g/mol. The summed E-state index contributed by atoms with van der Waals surface area (Å²) in [4.78, 5) is 23.0. The summed E-state index contributed by atoms with van der Waals surface area (Å²) in [5.41, 5.74) is 1.16. The van der Waals surface area contributed by atoms with Gasteiger partial charge in [0.15, 0.2) is 0 Å². The van der Waals surface area contributed by atoms with Gasteiger partial charge in [0.1, 0.15) is 0 Å². The van der Waals surface area contributed by atoms with Crippen molar-refractivity contribution in [1.29, 1.82) is 0 Å². The highest BCUT2D eigenvalue weighted by atomic mass is 16.5. The van der Waals surface area contributed by atoms with Gasteiger partial charge in [-0.1, -0.05) is 0 Å². The number of methoxy groups -OCH3 is 1. The van der Waals surface area contributed by atoms with E-state index >= 15 is 0 Å². The third-order valence-electron chi connectivity index (χ3n) is 2.43. The lowest BCUT2D eigenvalue weighted by molar-refractivity contribution is 0.0963. The van der Waals surface area contributed by atoms with E-state index in [1.54, 1.807) is 38.4 Å². The summed E-state index contributed by atoms with van der Waals surface area (Å²) in [6, 6.07) is 6.25. The molecule has 0 fully saturated rings. The minimum atomic E-state index is -0.308. The number of ether oxygens (including phenoxy) is 1. The van der Waals surface area contributed by atoms with E-state index in [2.05, 4.69) is 16.0 Å². The van der Waals surface area contributed by atoms with Crippen molar-refractivity contribution in [2.45, 2.75) is 13.0 Å². The number of amides is 3. The second-order valence-corrected chi connectivity index (χ2v) is 4.11. The molecule has 0 heterocycles. The summed E-state index contributed by atoms with van der Waals surface area (Å²) in [5, 5.41) is 7.93. The predicted molar refractivity (Wildman–Crippen MR) is 73.3 cm³/mol. The molecule has 0 unspecified atom stereocenters. The van der Waals surface area contributed by atoms with Crippen LogP contribution in [0.25, 0.3) is 0 Å². The molecule has 0 saturated heterocycles. The Labute approximate surface area is 112 Å². The number of hydrogen-bond donors (Lipinski definition) is 3. The number of anilines is 1. The first kappa shape index (κ1) is 15.0. The van der Waals surface area contributed by atoms with E-state index in [-0.39, 0.29) is 18.0 Å². The number of hydrogen-bond acceptors (Lipinski definition) is 3. The molecule has 0 aliphatic carbocycles. The molecule has 0 aliphatic heterocycles. The lowest BCUT2D eigenvalue weighted by atomic mass is 10.2. The van der Waals surface area contributed by atoms with Crippen molar-refractivity contribution in [3.05, 3.63) is 29.8 Å². The van der Waals surface area contributed by atoms with Crippen LogP contribution in [0.15, 0.2) is 24.3 Å². The largest absolute Gasteiger partial charge is 0.383 e. The Bertz CT molecular complexity index is 431. The Morgan fingerprint density at radius 2 is 1.89 bits per heavy atom. The molecule has 1 rings (SSSR count). The number of carbonyl (C=O) groups excluding carboxylic acids is 2. The molecule has 3 N–H and O–H groups in total. The van der Waals surface area contributed by atoms with Crippen LogP contribution in [0.1, 0.15) is 17.3 Å². The van der Waals surface area contributed by atoms with Crippen LogP contribution in [0.4, 0.5) is 10.5 Å². The van der Waals surface area contributed by atoms with Crippen LogP contribution in [-0.4, -0.2) is 38.7 Å². The van der Waals surface area contributed by atoms with Crippen LogP contribution < -0.4 is 16.0 Å². The van der Waals surface area contributed by atoms with Gasteiger partial charge in [0, 0.05) is 25.4 Å². The normalized spacial score (nSPS) is 11.5. The van der Waals surface area contributed by atoms with Gasteiger partial charge in [0.05, 0.1) is 12.6 Å². The lowest BCUT2D eigenvalue weighted by Crippen LogP contribution is -2.38. The summed E-state index contributed by atoms with van der Waals surface area (Å²) in [7, 11) is 3.15. The number of urea groups is 1. The molecule has 6 heteroatoms. The van der Waals surface area contributed by atoms with E-state index in [1.807, 2.05) is 6.92 Å². The van der Waals surface area contributed by atoms with Crippen molar-refractivity contribution in [2.24, 2.45) is 0 Å². The predicted octanol–water partition coefficient (Wildman–Crippen LogP) is 1.20. The van der Waals surface area contributed by atoms with Crippen LogP contribution in [0.3, 0.4) is 0 Å². The van der Waals surface area contributed by atoms with Crippen molar-refractivity contribution in [3.8, 4) is 0 Å². The fourth-order valence-corrected chi connectivity index (χ4v) is 1.53. The highest BCUT2D eigenvalue weighted by Gasteiger charge is 2.07. The van der Waals surface area contributed by atoms with E-state index in [9.17, 15) is 9.59 Å². The Morgan fingerprint density at radius 1 is 1.26 bits per heavy atom. The smallest absolute Gasteiger partial charge is 0.319 e. The van der Waals surface area contributed by atoms with Crippen molar-refractivity contribution in [3.63, 3.8) is 0 Å². The number of rotatable bonds is 5. The SMILES string of the molecule is CNC(=O)c1ccc(NC(=O)N[C@H](C)COC)cc1. The maximum Gasteiger partial charge on any atom is 0.319 e. The zero-order valence-electron chi connectivity index (χ0n) is 11.3. The van der Waals surface area contributed by atoms with Crippen molar-refractivity contribution < 1.29 is 14.3 Å². The Kier molecular flexibility index (Phi) is 5.81. The van der Waals surface area contributed by atoms with E-state index < -0.39 is 0 Å². The van der Waals surface area contributed by atoms with Crippen LogP contribution in [0, 0.1) is 0 Å². The molecule has 0 spiro atoms. The van der Waals surface area contributed by atoms with Gasteiger partial charge in [-0.25, -0.2) is 4.79 Å². The van der Waals surface area contributed by atoms with Gasteiger partial charge in [-0.05, 0) is 31.2 Å². The van der Waals surface area contributed by atoms with E-state index in [4.69, 9.17) is 4.74 Å². The number of nitrogens with one attached hydrogen (secondary N) is 3. The average Bonchev–Trinajstić information content (AvgIpc) is 2.38. The van der Waals surface area contributed by atoms with Gasteiger partial charge in [-0.2, -0.15) is 0 Å². The van der Waals surface area contributed by atoms with Gasteiger partial charge in [-0.15, -0.1) is 0 Å². The van der Waals surface area contributed by atoms with Crippen molar-refractivity contribution in [2.75, 3.05) is 26.1 Å². The molecule has 19 heavy (non-hydrogen) atoms. The fourth-order valence-electron chi connectivity index (χ4n) is 1.53. The van der Waals surface area contributed by atoms with Crippen molar-refractivity contribution >= 4 is 17.6 Å². The molecular formula is C13H19N3O3. The molecule has 6 nitrogen and oxygen atoms in total. The summed E-state index contributed by atoms with van der Waals surface area (Å²) in [6.07, 6.45) is 0. The molecule has 0 aliphatic rings. The number of carbonyl (C=O) groups is 2. The first-order valence-electron chi connectivity index (χ1n) is 5.95. The molecule has 0 aromatic heterocycles. The third-order valence-corrected chi connectivity index (χ3v) is 2.43. The quantitative estimate of drug-likeness (QED) is 0.748. The molecule has 0 radical (unpaired) electrons. The Hall–Kier alpha value is -2.08. The highest BCUT2D eigenvalue weighted by molar-refractivity contribution is 5.95. The topological polar surface area (TPSA) is 79.5 Å². The minimum Gasteiger partial charge on any atom is -0.383 e. The molecule has 1 aromatic carbocycles. The maximum atomic E-state index is 11.6. The number of benzene rings is 1. The first-order valence-corrected chi connectivity index (χ1v) is 5.95. The van der Waals surface area contributed by atoms with Crippen LogP contribution in [0.5, 0.6) is 0 Å². The van der Waals surface area contributed by atoms with E-state index in [0.717, 1.165) is 0 Å². The van der Waals surface area contributed by atoms with E-state index in [1.165, 1.54) is 0 Å². The van der Waals surface area contributed by atoms with Crippen LogP contribution in [0.2, 0.25) is 0 Å². The second kappa shape index (κ2) is 7.38. The summed E-state index contributed by atoms with van der Waals surface area (Å²) in [5.74, 6) is -0.162. The molecule has 1 atom stereocenters. The van der Waals surface area contributed by atoms with Gasteiger partial charge in [0.2, 0.25) is 0 Å². The third kappa shape index (κ3) is 4.97. The zero-order chi connectivity index (χ0) is 14.3.